The molecule has 0 saturated heterocycles. The van der Waals surface area contributed by atoms with Gasteiger partial charge in [0.05, 0.1) is 18.4 Å². The Hall–Kier alpha value is -2.53. The lowest BCUT2D eigenvalue weighted by Gasteiger charge is -2.22. The van der Waals surface area contributed by atoms with Crippen LogP contribution < -0.4 is 4.90 Å². The summed E-state index contributed by atoms with van der Waals surface area (Å²) in [6.45, 7) is 0.588. The van der Waals surface area contributed by atoms with Gasteiger partial charge in [0.25, 0.3) is 0 Å². The van der Waals surface area contributed by atoms with Gasteiger partial charge in [-0.1, -0.05) is 6.07 Å². The molecule has 120 valence electrons. The molecule has 5 heteroatoms. The van der Waals surface area contributed by atoms with Crippen molar-refractivity contribution in [2.45, 2.75) is 18.9 Å². The Kier molecular flexibility index (Phi) is 4.09. The molecule has 4 nitrogen and oxygen atoms in total. The first-order valence-electron chi connectivity index (χ1n) is 7.95. The molecule has 0 spiro atoms. The van der Waals surface area contributed by atoms with E-state index in [-0.39, 0.29) is 17.7 Å². The second kappa shape index (κ2) is 6.53. The Balaban J connectivity index is 1.56. The zero-order valence-corrected chi connectivity index (χ0v) is 13.9. The highest BCUT2D eigenvalue weighted by molar-refractivity contribution is 7.07. The third-order valence-electron chi connectivity index (χ3n) is 4.36. The molecule has 3 heterocycles. The number of carbonyl (C=O) groups is 1. The van der Waals surface area contributed by atoms with Gasteiger partial charge >= 0.3 is 0 Å². The topological polar surface area (TPSA) is 46.1 Å². The molecule has 3 aromatic heterocycles. The third-order valence-corrected chi connectivity index (χ3v) is 5.10. The number of aromatic nitrogens is 2. The number of hydrogen-bond donors (Lipinski definition) is 0. The monoisotopic (exact) mass is 335 g/mol. The fourth-order valence-corrected chi connectivity index (χ4v) is 3.67. The van der Waals surface area contributed by atoms with Crippen LogP contribution >= 0.6 is 11.3 Å². The lowest BCUT2D eigenvalue weighted by atomic mass is 10.1. The zero-order valence-electron chi connectivity index (χ0n) is 13.1. The summed E-state index contributed by atoms with van der Waals surface area (Å²) in [6.07, 6.45) is 8.01. The van der Waals surface area contributed by atoms with Gasteiger partial charge in [-0.3, -0.25) is 14.8 Å². The summed E-state index contributed by atoms with van der Waals surface area (Å²) in [5.41, 5.74) is 3.15. The van der Waals surface area contributed by atoms with Gasteiger partial charge in [-0.05, 0) is 58.5 Å². The maximum Gasteiger partial charge on any atom is 0.231 e. The molecule has 0 N–H and O–H groups in total. The number of pyridine rings is 2. The van der Waals surface area contributed by atoms with Crippen LogP contribution in [0.25, 0.3) is 0 Å². The van der Waals surface area contributed by atoms with Gasteiger partial charge in [0.2, 0.25) is 5.91 Å². The van der Waals surface area contributed by atoms with Crippen molar-refractivity contribution in [1.29, 1.82) is 0 Å². The highest BCUT2D eigenvalue weighted by atomic mass is 32.1. The molecular weight excluding hydrogens is 318 g/mol. The minimum atomic E-state index is 0.0352. The van der Waals surface area contributed by atoms with E-state index in [2.05, 4.69) is 27.5 Å². The second-order valence-electron chi connectivity index (χ2n) is 6.00. The van der Waals surface area contributed by atoms with Gasteiger partial charge in [-0.25, -0.2) is 0 Å². The molecule has 0 unspecified atom stereocenters. The van der Waals surface area contributed by atoms with E-state index in [1.807, 2.05) is 34.7 Å². The Morgan fingerprint density at radius 3 is 2.67 bits per heavy atom. The van der Waals surface area contributed by atoms with Crippen molar-refractivity contribution >= 4 is 22.9 Å². The van der Waals surface area contributed by atoms with E-state index in [9.17, 15) is 4.79 Å². The van der Waals surface area contributed by atoms with Crippen molar-refractivity contribution in [3.8, 4) is 0 Å². The molecule has 0 aromatic carbocycles. The Morgan fingerprint density at radius 1 is 1.17 bits per heavy atom. The summed E-state index contributed by atoms with van der Waals surface area (Å²) in [7, 11) is 0. The molecule has 1 aliphatic rings. The highest BCUT2D eigenvalue weighted by Crippen LogP contribution is 2.48. The highest BCUT2D eigenvalue weighted by Gasteiger charge is 2.46. The van der Waals surface area contributed by atoms with Crippen molar-refractivity contribution in [2.24, 2.45) is 5.92 Å². The van der Waals surface area contributed by atoms with Gasteiger partial charge in [-0.2, -0.15) is 11.3 Å². The molecule has 0 aliphatic heterocycles. The van der Waals surface area contributed by atoms with E-state index in [1.165, 1.54) is 0 Å². The summed E-state index contributed by atoms with van der Waals surface area (Å²) >= 11 is 1.65. The average Bonchev–Trinajstić information content (AvgIpc) is 3.28. The van der Waals surface area contributed by atoms with E-state index in [4.69, 9.17) is 0 Å². The van der Waals surface area contributed by atoms with E-state index >= 15 is 0 Å². The molecule has 3 aromatic rings. The minimum absolute atomic E-state index is 0.0352. The molecule has 4 rings (SSSR count). The van der Waals surface area contributed by atoms with Crippen molar-refractivity contribution in [3.05, 3.63) is 77.0 Å². The van der Waals surface area contributed by atoms with Crippen molar-refractivity contribution in [1.82, 2.24) is 9.97 Å². The lowest BCUT2D eigenvalue weighted by molar-refractivity contribution is -0.120. The van der Waals surface area contributed by atoms with Crippen molar-refractivity contribution in [2.75, 3.05) is 4.90 Å². The maximum absolute atomic E-state index is 13.1. The van der Waals surface area contributed by atoms with E-state index in [0.29, 0.717) is 6.54 Å². The SMILES string of the molecule is O=C([C@H]1C[C@@H]1c1cccnc1)N(Cc1ccsc1)c1cccnc1. The summed E-state index contributed by atoms with van der Waals surface area (Å²) in [6, 6.07) is 9.86. The Bertz CT molecular complexity index is 805. The number of thiophene rings is 1. The first-order chi connectivity index (χ1) is 11.8. The smallest absolute Gasteiger partial charge is 0.231 e. The number of carbonyl (C=O) groups excluding carboxylic acids is 1. The number of rotatable bonds is 5. The van der Waals surface area contributed by atoms with Crippen LogP contribution in [-0.2, 0) is 11.3 Å². The van der Waals surface area contributed by atoms with Crippen LogP contribution in [0, 0.1) is 5.92 Å². The number of nitrogens with zero attached hydrogens (tertiary/aromatic N) is 3. The molecular formula is C19H17N3OS. The molecule has 0 radical (unpaired) electrons. The van der Waals surface area contributed by atoms with E-state index in [1.54, 1.807) is 29.9 Å². The fraction of sp³-hybridized carbons (Fsp3) is 0.211. The van der Waals surface area contributed by atoms with Gasteiger partial charge < -0.3 is 4.90 Å². The maximum atomic E-state index is 13.1. The predicted molar refractivity (Wildman–Crippen MR) is 94.8 cm³/mol. The standard InChI is InChI=1S/C19H17N3OS/c23-19(18-9-17(18)15-3-1-6-20-10-15)22(12-14-5-8-24-13-14)16-4-2-7-21-11-16/h1-8,10-11,13,17-18H,9,12H2/t17-,18+/m1/s1. The molecule has 1 amide bonds. The van der Waals surface area contributed by atoms with Crippen LogP contribution in [0.4, 0.5) is 5.69 Å². The Labute approximate surface area is 144 Å². The van der Waals surface area contributed by atoms with Crippen LogP contribution in [-0.4, -0.2) is 15.9 Å². The van der Waals surface area contributed by atoms with Gasteiger partial charge in [0, 0.05) is 24.5 Å². The zero-order chi connectivity index (χ0) is 16.4. The largest absolute Gasteiger partial charge is 0.306 e. The van der Waals surface area contributed by atoms with Crippen LogP contribution in [0.2, 0.25) is 0 Å². The number of amides is 1. The van der Waals surface area contributed by atoms with E-state index in [0.717, 1.165) is 23.2 Å². The summed E-state index contributed by atoms with van der Waals surface area (Å²) in [5.74, 6) is 0.490. The van der Waals surface area contributed by atoms with Crippen LogP contribution in [0.5, 0.6) is 0 Å². The summed E-state index contributed by atoms with van der Waals surface area (Å²) < 4.78 is 0. The van der Waals surface area contributed by atoms with Crippen LogP contribution in [0.1, 0.15) is 23.5 Å². The molecule has 24 heavy (non-hydrogen) atoms. The van der Waals surface area contributed by atoms with Crippen molar-refractivity contribution in [3.63, 3.8) is 0 Å². The lowest BCUT2D eigenvalue weighted by Crippen LogP contribution is -2.32. The quantitative estimate of drug-likeness (QED) is 0.711. The van der Waals surface area contributed by atoms with Crippen LogP contribution in [0.15, 0.2) is 65.9 Å². The minimum Gasteiger partial charge on any atom is -0.306 e. The predicted octanol–water partition coefficient (Wildman–Crippen LogP) is 3.88. The summed E-state index contributed by atoms with van der Waals surface area (Å²) in [4.78, 5) is 23.3. The number of hydrogen-bond acceptors (Lipinski definition) is 4. The van der Waals surface area contributed by atoms with E-state index < -0.39 is 0 Å². The third kappa shape index (κ3) is 3.08. The number of anilines is 1. The second-order valence-corrected chi connectivity index (χ2v) is 6.78. The van der Waals surface area contributed by atoms with Gasteiger partial charge in [0.1, 0.15) is 0 Å². The van der Waals surface area contributed by atoms with Crippen molar-refractivity contribution < 1.29 is 4.79 Å². The molecule has 2 atom stereocenters. The first-order valence-corrected chi connectivity index (χ1v) is 8.89. The summed E-state index contributed by atoms with van der Waals surface area (Å²) in [5, 5.41) is 4.12. The first kappa shape index (κ1) is 15.0. The van der Waals surface area contributed by atoms with Gasteiger partial charge in [0.15, 0.2) is 0 Å². The van der Waals surface area contributed by atoms with Gasteiger partial charge in [-0.15, -0.1) is 0 Å². The molecule has 0 bridgehead atoms. The average molecular weight is 335 g/mol. The molecule has 1 fully saturated rings. The Morgan fingerprint density at radius 2 is 2.00 bits per heavy atom. The fourth-order valence-electron chi connectivity index (χ4n) is 3.01. The molecule has 1 aliphatic carbocycles. The molecule has 1 saturated carbocycles. The van der Waals surface area contributed by atoms with Crippen LogP contribution in [0.3, 0.4) is 0 Å². The normalized spacial score (nSPS) is 19.0.